The van der Waals surface area contributed by atoms with Gasteiger partial charge in [-0.15, -0.1) is 0 Å². The maximum Gasteiger partial charge on any atom is 0.266 e. The summed E-state index contributed by atoms with van der Waals surface area (Å²) in [5.74, 6) is 0.888. The van der Waals surface area contributed by atoms with E-state index >= 15 is 0 Å². The number of ether oxygens (including phenoxy) is 2. The Balaban J connectivity index is 2.38. The van der Waals surface area contributed by atoms with E-state index in [1.165, 1.54) is 26.4 Å². The van der Waals surface area contributed by atoms with E-state index in [9.17, 15) is 8.42 Å². The minimum Gasteiger partial charge on any atom is -0.497 e. The van der Waals surface area contributed by atoms with E-state index in [1.54, 1.807) is 12.1 Å². The van der Waals surface area contributed by atoms with Crippen LogP contribution in [0.2, 0.25) is 0 Å². The van der Waals surface area contributed by atoms with Crippen molar-refractivity contribution in [1.29, 1.82) is 0 Å². The lowest BCUT2D eigenvalue weighted by Crippen LogP contribution is -2.14. The number of methoxy groups -OCH3 is 2. The van der Waals surface area contributed by atoms with Crippen molar-refractivity contribution in [2.24, 2.45) is 0 Å². The maximum atomic E-state index is 12.4. The molecule has 0 atom stereocenters. The summed E-state index contributed by atoms with van der Waals surface area (Å²) in [5.41, 5.74) is 0.838. The number of aromatic nitrogens is 2. The highest BCUT2D eigenvalue weighted by Gasteiger charge is 2.21. The molecule has 2 rings (SSSR count). The number of anilines is 1. The molecule has 0 aliphatic carbocycles. The average molecular weight is 311 g/mol. The zero-order valence-electron chi connectivity index (χ0n) is 12.0. The second kappa shape index (κ2) is 6.04. The molecule has 0 amide bonds. The standard InChI is InChI=1S/C13H17N3O4S/c1-4-9-7-13(15-14-9)16-21(17,18)12-8-10(19-2)5-6-11(12)20-3/h5-8H,4H2,1-3H3,(H2,14,15,16). The highest BCUT2D eigenvalue weighted by atomic mass is 32.2. The van der Waals surface area contributed by atoms with Crippen LogP contribution in [0, 0.1) is 0 Å². The normalized spacial score (nSPS) is 11.2. The van der Waals surface area contributed by atoms with E-state index in [0.717, 1.165) is 12.1 Å². The molecule has 7 nitrogen and oxygen atoms in total. The first-order valence-electron chi connectivity index (χ1n) is 6.29. The zero-order valence-corrected chi connectivity index (χ0v) is 12.8. The van der Waals surface area contributed by atoms with Gasteiger partial charge in [0.1, 0.15) is 16.4 Å². The Labute approximate surface area is 123 Å². The zero-order chi connectivity index (χ0) is 15.5. The summed E-state index contributed by atoms with van der Waals surface area (Å²) >= 11 is 0. The summed E-state index contributed by atoms with van der Waals surface area (Å²) in [6.45, 7) is 1.94. The molecular weight excluding hydrogens is 294 g/mol. The van der Waals surface area contributed by atoms with E-state index in [-0.39, 0.29) is 16.5 Å². The van der Waals surface area contributed by atoms with Crippen molar-refractivity contribution < 1.29 is 17.9 Å². The van der Waals surface area contributed by atoms with Gasteiger partial charge in [0.2, 0.25) is 0 Å². The van der Waals surface area contributed by atoms with Crippen molar-refractivity contribution in [1.82, 2.24) is 10.2 Å². The summed E-state index contributed by atoms with van der Waals surface area (Å²) in [5, 5.41) is 6.66. The number of nitrogens with one attached hydrogen (secondary N) is 2. The van der Waals surface area contributed by atoms with Crippen molar-refractivity contribution in [3.63, 3.8) is 0 Å². The molecule has 21 heavy (non-hydrogen) atoms. The molecule has 1 aromatic heterocycles. The van der Waals surface area contributed by atoms with Crippen LogP contribution in [0.25, 0.3) is 0 Å². The molecule has 1 aromatic carbocycles. The summed E-state index contributed by atoms with van der Waals surface area (Å²) < 4.78 is 37.4. The number of aromatic amines is 1. The van der Waals surface area contributed by atoms with Gasteiger partial charge in [0, 0.05) is 17.8 Å². The fraction of sp³-hybridized carbons (Fsp3) is 0.308. The van der Waals surface area contributed by atoms with Gasteiger partial charge in [0.15, 0.2) is 5.82 Å². The van der Waals surface area contributed by atoms with E-state index in [4.69, 9.17) is 9.47 Å². The molecule has 0 radical (unpaired) electrons. The smallest absolute Gasteiger partial charge is 0.266 e. The van der Waals surface area contributed by atoms with Crippen LogP contribution in [0.5, 0.6) is 11.5 Å². The van der Waals surface area contributed by atoms with Crippen molar-refractivity contribution in [2.75, 3.05) is 18.9 Å². The topological polar surface area (TPSA) is 93.3 Å². The first kappa shape index (κ1) is 15.2. The Kier molecular flexibility index (Phi) is 4.37. The van der Waals surface area contributed by atoms with Gasteiger partial charge in [0.05, 0.1) is 14.2 Å². The minimum atomic E-state index is -3.82. The third kappa shape index (κ3) is 3.27. The molecule has 0 fully saturated rings. The Morgan fingerprint density at radius 3 is 2.57 bits per heavy atom. The summed E-state index contributed by atoms with van der Waals surface area (Å²) in [4.78, 5) is -0.00889. The molecule has 1 heterocycles. The van der Waals surface area contributed by atoms with E-state index < -0.39 is 10.0 Å². The van der Waals surface area contributed by atoms with Crippen LogP contribution in [-0.2, 0) is 16.4 Å². The van der Waals surface area contributed by atoms with Crippen LogP contribution in [0.4, 0.5) is 5.82 Å². The van der Waals surface area contributed by atoms with E-state index in [0.29, 0.717) is 5.75 Å². The van der Waals surface area contributed by atoms with Gasteiger partial charge in [-0.1, -0.05) is 6.92 Å². The average Bonchev–Trinajstić information content (AvgIpc) is 2.93. The third-order valence-corrected chi connectivity index (χ3v) is 4.29. The monoisotopic (exact) mass is 311 g/mol. The molecule has 8 heteroatoms. The highest BCUT2D eigenvalue weighted by molar-refractivity contribution is 7.92. The number of aryl methyl sites for hydroxylation is 1. The molecule has 0 bridgehead atoms. The van der Waals surface area contributed by atoms with Gasteiger partial charge in [-0.25, -0.2) is 8.42 Å². The van der Waals surface area contributed by atoms with Crippen molar-refractivity contribution in [2.45, 2.75) is 18.2 Å². The number of H-pyrrole nitrogens is 1. The third-order valence-electron chi connectivity index (χ3n) is 2.91. The molecular formula is C13H17N3O4S. The number of hydrogen-bond acceptors (Lipinski definition) is 5. The van der Waals surface area contributed by atoms with Crippen LogP contribution >= 0.6 is 0 Å². The lowest BCUT2D eigenvalue weighted by molar-refractivity contribution is 0.392. The SMILES string of the molecule is CCc1cc(NS(=O)(=O)c2cc(OC)ccc2OC)n[nH]1. The van der Waals surface area contributed by atoms with Gasteiger partial charge in [0.25, 0.3) is 10.0 Å². The second-order valence-electron chi connectivity index (χ2n) is 4.25. The summed E-state index contributed by atoms with van der Waals surface area (Å²) in [7, 11) is -0.949. The van der Waals surface area contributed by atoms with Crippen molar-refractivity contribution in [3.05, 3.63) is 30.0 Å². The van der Waals surface area contributed by atoms with Crippen LogP contribution in [0.1, 0.15) is 12.6 Å². The van der Waals surface area contributed by atoms with Crippen LogP contribution in [0.15, 0.2) is 29.2 Å². The molecule has 0 aliphatic rings. The lowest BCUT2D eigenvalue weighted by atomic mass is 10.3. The van der Waals surface area contributed by atoms with Gasteiger partial charge >= 0.3 is 0 Å². The fourth-order valence-electron chi connectivity index (χ4n) is 1.78. The molecule has 114 valence electrons. The van der Waals surface area contributed by atoms with Crippen LogP contribution < -0.4 is 14.2 Å². The Morgan fingerprint density at radius 2 is 2.00 bits per heavy atom. The number of sulfonamides is 1. The van der Waals surface area contributed by atoms with Crippen LogP contribution in [-0.4, -0.2) is 32.8 Å². The molecule has 0 spiro atoms. The molecule has 2 N–H and O–H groups in total. The largest absolute Gasteiger partial charge is 0.497 e. The van der Waals surface area contributed by atoms with Crippen molar-refractivity contribution in [3.8, 4) is 11.5 Å². The maximum absolute atomic E-state index is 12.4. The van der Waals surface area contributed by atoms with Crippen LogP contribution in [0.3, 0.4) is 0 Å². The predicted octanol–water partition coefficient (Wildman–Crippen LogP) is 1.79. The van der Waals surface area contributed by atoms with Gasteiger partial charge < -0.3 is 9.47 Å². The first-order valence-corrected chi connectivity index (χ1v) is 7.77. The first-order chi connectivity index (χ1) is 10.00. The Bertz CT molecular complexity index is 725. The molecule has 0 unspecified atom stereocenters. The molecule has 0 saturated heterocycles. The fourth-order valence-corrected chi connectivity index (χ4v) is 2.96. The summed E-state index contributed by atoms with van der Waals surface area (Å²) in [6, 6.07) is 6.20. The summed E-state index contributed by atoms with van der Waals surface area (Å²) in [6.07, 6.45) is 0.733. The molecule has 0 aliphatic heterocycles. The quantitative estimate of drug-likeness (QED) is 0.848. The number of rotatable bonds is 6. The van der Waals surface area contributed by atoms with E-state index in [1.807, 2.05) is 6.92 Å². The van der Waals surface area contributed by atoms with E-state index in [2.05, 4.69) is 14.9 Å². The Hall–Kier alpha value is -2.22. The second-order valence-corrected chi connectivity index (χ2v) is 5.91. The highest BCUT2D eigenvalue weighted by Crippen LogP contribution is 2.29. The van der Waals surface area contributed by atoms with Gasteiger partial charge in [-0.2, -0.15) is 5.10 Å². The molecule has 0 saturated carbocycles. The number of benzene rings is 1. The van der Waals surface area contributed by atoms with Gasteiger partial charge in [-0.05, 0) is 18.6 Å². The van der Waals surface area contributed by atoms with Gasteiger partial charge in [-0.3, -0.25) is 9.82 Å². The predicted molar refractivity (Wildman–Crippen MR) is 78.3 cm³/mol. The molecule has 2 aromatic rings. The minimum absolute atomic E-state index is 0.00889. The number of hydrogen-bond donors (Lipinski definition) is 2. The van der Waals surface area contributed by atoms with Crippen molar-refractivity contribution >= 4 is 15.8 Å². The number of nitrogens with zero attached hydrogens (tertiary/aromatic N) is 1. The Morgan fingerprint density at radius 1 is 1.24 bits per heavy atom. The lowest BCUT2D eigenvalue weighted by Gasteiger charge is -2.11.